The monoisotopic (exact) mass is 279 g/mol. The van der Waals surface area contributed by atoms with Crippen molar-refractivity contribution in [3.63, 3.8) is 0 Å². The van der Waals surface area contributed by atoms with Crippen molar-refractivity contribution in [1.82, 2.24) is 19.7 Å². The second kappa shape index (κ2) is 5.27. The minimum Gasteiger partial charge on any atom is -0.382 e. The SMILES string of the molecule is CN(Cc1cnn(C)c1)C(=O)c1cnc(N)c(Cl)c1. The first kappa shape index (κ1) is 13.4. The van der Waals surface area contributed by atoms with Gasteiger partial charge in [0.1, 0.15) is 5.82 Å². The van der Waals surface area contributed by atoms with Gasteiger partial charge in [-0.3, -0.25) is 9.48 Å². The van der Waals surface area contributed by atoms with E-state index in [9.17, 15) is 4.79 Å². The van der Waals surface area contributed by atoms with Crippen molar-refractivity contribution in [3.05, 3.63) is 40.8 Å². The summed E-state index contributed by atoms with van der Waals surface area (Å²) in [6.45, 7) is 0.467. The second-order valence-electron chi connectivity index (χ2n) is 4.27. The van der Waals surface area contributed by atoms with Gasteiger partial charge < -0.3 is 10.6 Å². The van der Waals surface area contributed by atoms with Crippen LogP contribution in [0.15, 0.2) is 24.7 Å². The van der Waals surface area contributed by atoms with Gasteiger partial charge in [-0.05, 0) is 6.07 Å². The maximum atomic E-state index is 12.2. The molecule has 7 heteroatoms. The Hall–Kier alpha value is -2.08. The predicted octanol–water partition coefficient (Wildman–Crippen LogP) is 1.32. The molecule has 0 aromatic carbocycles. The quantitative estimate of drug-likeness (QED) is 0.919. The highest BCUT2D eigenvalue weighted by molar-refractivity contribution is 6.33. The number of carbonyl (C=O) groups excluding carboxylic acids is 1. The molecule has 6 nitrogen and oxygen atoms in total. The fourth-order valence-corrected chi connectivity index (χ4v) is 1.85. The second-order valence-corrected chi connectivity index (χ2v) is 4.68. The molecule has 100 valence electrons. The molecule has 0 radical (unpaired) electrons. The zero-order chi connectivity index (χ0) is 14.0. The number of hydrogen-bond donors (Lipinski definition) is 1. The number of hydrogen-bond acceptors (Lipinski definition) is 4. The third-order valence-corrected chi connectivity index (χ3v) is 2.94. The van der Waals surface area contributed by atoms with E-state index in [0.717, 1.165) is 5.56 Å². The third-order valence-electron chi connectivity index (χ3n) is 2.64. The van der Waals surface area contributed by atoms with Gasteiger partial charge in [0.25, 0.3) is 5.91 Å². The Kier molecular flexibility index (Phi) is 3.71. The molecule has 2 aromatic rings. The van der Waals surface area contributed by atoms with Gasteiger partial charge in [0.15, 0.2) is 0 Å². The van der Waals surface area contributed by atoms with Crippen LogP contribution in [0.4, 0.5) is 5.82 Å². The lowest BCUT2D eigenvalue weighted by Gasteiger charge is -2.16. The van der Waals surface area contributed by atoms with E-state index in [1.807, 2.05) is 13.2 Å². The number of carbonyl (C=O) groups is 1. The van der Waals surface area contributed by atoms with Crippen molar-refractivity contribution in [2.75, 3.05) is 12.8 Å². The van der Waals surface area contributed by atoms with E-state index in [-0.39, 0.29) is 16.7 Å². The Morgan fingerprint density at radius 2 is 2.26 bits per heavy atom. The minimum atomic E-state index is -0.168. The summed E-state index contributed by atoms with van der Waals surface area (Å²) in [5.41, 5.74) is 6.87. The van der Waals surface area contributed by atoms with Gasteiger partial charge in [-0.2, -0.15) is 5.10 Å². The van der Waals surface area contributed by atoms with Gasteiger partial charge in [0.05, 0.1) is 16.8 Å². The summed E-state index contributed by atoms with van der Waals surface area (Å²) in [7, 11) is 3.54. The molecule has 2 aromatic heterocycles. The zero-order valence-electron chi connectivity index (χ0n) is 10.7. The number of anilines is 1. The molecule has 0 saturated heterocycles. The van der Waals surface area contributed by atoms with Crippen LogP contribution < -0.4 is 5.73 Å². The highest BCUT2D eigenvalue weighted by Crippen LogP contribution is 2.18. The molecule has 0 bridgehead atoms. The summed E-state index contributed by atoms with van der Waals surface area (Å²) in [5.74, 6) is 0.0476. The average molecular weight is 280 g/mol. The molecule has 19 heavy (non-hydrogen) atoms. The Morgan fingerprint density at radius 3 is 2.84 bits per heavy atom. The zero-order valence-corrected chi connectivity index (χ0v) is 11.4. The van der Waals surface area contributed by atoms with Gasteiger partial charge in [-0.15, -0.1) is 0 Å². The Balaban J connectivity index is 2.12. The lowest BCUT2D eigenvalue weighted by molar-refractivity contribution is 0.0784. The summed E-state index contributed by atoms with van der Waals surface area (Å²) in [6, 6.07) is 1.52. The van der Waals surface area contributed by atoms with Gasteiger partial charge >= 0.3 is 0 Å². The number of halogens is 1. The van der Waals surface area contributed by atoms with E-state index in [0.29, 0.717) is 12.1 Å². The highest BCUT2D eigenvalue weighted by atomic mass is 35.5. The molecule has 0 aliphatic heterocycles. The van der Waals surface area contributed by atoms with Gasteiger partial charge in [-0.25, -0.2) is 4.98 Å². The molecular weight excluding hydrogens is 266 g/mol. The van der Waals surface area contributed by atoms with Crippen LogP contribution >= 0.6 is 11.6 Å². The van der Waals surface area contributed by atoms with Gasteiger partial charge in [0.2, 0.25) is 0 Å². The topological polar surface area (TPSA) is 77.0 Å². The third kappa shape index (κ3) is 3.03. The lowest BCUT2D eigenvalue weighted by Crippen LogP contribution is -2.26. The van der Waals surface area contributed by atoms with Crippen molar-refractivity contribution in [1.29, 1.82) is 0 Å². The van der Waals surface area contributed by atoms with Crippen LogP contribution in [0, 0.1) is 0 Å². The molecule has 1 amide bonds. The van der Waals surface area contributed by atoms with Crippen LogP contribution in [0.5, 0.6) is 0 Å². The predicted molar refractivity (Wildman–Crippen MR) is 72.7 cm³/mol. The van der Waals surface area contributed by atoms with Crippen molar-refractivity contribution in [2.45, 2.75) is 6.54 Å². The van der Waals surface area contributed by atoms with Crippen molar-refractivity contribution in [3.8, 4) is 0 Å². The molecule has 0 spiro atoms. The molecule has 0 unspecified atom stereocenters. The fourth-order valence-electron chi connectivity index (χ4n) is 1.69. The van der Waals surface area contributed by atoms with Crippen molar-refractivity contribution >= 4 is 23.3 Å². The van der Waals surface area contributed by atoms with E-state index in [1.165, 1.54) is 12.3 Å². The summed E-state index contributed by atoms with van der Waals surface area (Å²) in [5, 5.41) is 4.33. The molecule has 0 aliphatic carbocycles. The average Bonchev–Trinajstić information content (AvgIpc) is 2.77. The van der Waals surface area contributed by atoms with Crippen LogP contribution in [0.3, 0.4) is 0 Å². The first-order valence-electron chi connectivity index (χ1n) is 5.61. The maximum Gasteiger partial charge on any atom is 0.255 e. The minimum absolute atomic E-state index is 0.168. The first-order chi connectivity index (χ1) is 8.97. The lowest BCUT2D eigenvalue weighted by atomic mass is 10.2. The molecular formula is C12H14ClN5O. The maximum absolute atomic E-state index is 12.2. The summed E-state index contributed by atoms with van der Waals surface area (Å²) in [6.07, 6.45) is 5.00. The summed E-state index contributed by atoms with van der Waals surface area (Å²) >= 11 is 5.85. The van der Waals surface area contributed by atoms with Crippen molar-refractivity contribution < 1.29 is 4.79 Å². The molecule has 0 saturated carbocycles. The number of amides is 1. The van der Waals surface area contributed by atoms with Crippen LogP contribution in [-0.4, -0.2) is 32.6 Å². The number of nitrogens with zero attached hydrogens (tertiary/aromatic N) is 4. The van der Waals surface area contributed by atoms with E-state index < -0.39 is 0 Å². The number of pyridine rings is 1. The molecule has 2 rings (SSSR count). The van der Waals surface area contributed by atoms with Crippen LogP contribution in [0.2, 0.25) is 5.02 Å². The Bertz CT molecular complexity index is 610. The van der Waals surface area contributed by atoms with Crippen LogP contribution in [-0.2, 0) is 13.6 Å². The number of aryl methyl sites for hydroxylation is 1. The number of aromatic nitrogens is 3. The first-order valence-corrected chi connectivity index (χ1v) is 5.99. The standard InChI is InChI=1S/C12H14ClN5O/c1-17(6-8-4-16-18(2)7-8)12(19)9-3-10(13)11(14)15-5-9/h3-5,7H,6H2,1-2H3,(H2,14,15). The largest absolute Gasteiger partial charge is 0.382 e. The van der Waals surface area contributed by atoms with E-state index in [4.69, 9.17) is 17.3 Å². The smallest absolute Gasteiger partial charge is 0.255 e. The molecule has 0 fully saturated rings. The Morgan fingerprint density at radius 1 is 1.53 bits per heavy atom. The van der Waals surface area contributed by atoms with Crippen LogP contribution in [0.1, 0.15) is 15.9 Å². The highest BCUT2D eigenvalue weighted by Gasteiger charge is 2.14. The summed E-state index contributed by atoms with van der Waals surface area (Å²) < 4.78 is 1.69. The molecule has 0 aliphatic rings. The van der Waals surface area contributed by atoms with E-state index in [1.54, 1.807) is 22.8 Å². The van der Waals surface area contributed by atoms with Crippen molar-refractivity contribution in [2.24, 2.45) is 7.05 Å². The fraction of sp³-hybridized carbons (Fsp3) is 0.250. The van der Waals surface area contributed by atoms with Crippen LogP contribution in [0.25, 0.3) is 0 Å². The van der Waals surface area contributed by atoms with E-state index in [2.05, 4.69) is 10.1 Å². The number of rotatable bonds is 3. The van der Waals surface area contributed by atoms with E-state index >= 15 is 0 Å². The van der Waals surface area contributed by atoms with Gasteiger partial charge in [-0.1, -0.05) is 11.6 Å². The number of nitrogen functional groups attached to an aromatic ring is 1. The normalized spacial score (nSPS) is 10.5. The Labute approximate surface area is 115 Å². The molecule has 2 heterocycles. The summed E-state index contributed by atoms with van der Waals surface area (Å²) in [4.78, 5) is 17.6. The number of nitrogens with two attached hydrogens (primary N) is 1. The van der Waals surface area contributed by atoms with Gasteiger partial charge in [0, 0.05) is 38.6 Å². The molecule has 0 atom stereocenters. The molecule has 2 N–H and O–H groups in total.